The third-order valence-electron chi connectivity index (χ3n) is 11.7. The standard InChI is InChI=1S/C42H30ClN3O7/c43-24-10-6-11-25(20-24)45-39(49)34-22-33-31(16-17-32-36(33)40(50)44(38(32)48)26-12-7-13-27(21-26)46(52)53)37(42(34,41(45)51)23-8-2-1-3-9-23)30-18-19-35(47)29-15-5-4-14-28(29)30/h1-16,18-21,32-34,36-37,47H,17,22H2. The molecule has 0 aromatic heterocycles. The molecule has 11 heteroatoms. The first-order valence-corrected chi connectivity index (χ1v) is 17.7. The van der Waals surface area contributed by atoms with Gasteiger partial charge in [0.1, 0.15) is 5.75 Å². The Morgan fingerprint density at radius 1 is 0.736 bits per heavy atom. The van der Waals surface area contributed by atoms with E-state index >= 15 is 9.59 Å². The van der Waals surface area contributed by atoms with E-state index in [1.54, 1.807) is 42.5 Å². The van der Waals surface area contributed by atoms with Gasteiger partial charge in [-0.25, -0.2) is 9.80 Å². The Morgan fingerprint density at radius 2 is 1.43 bits per heavy atom. The number of carbonyl (C=O) groups excluding carboxylic acids is 4. The number of benzene rings is 5. The van der Waals surface area contributed by atoms with Crippen LogP contribution in [0.25, 0.3) is 10.8 Å². The van der Waals surface area contributed by atoms with E-state index in [1.807, 2.05) is 54.6 Å². The Balaban J connectivity index is 1.29. The second-order valence-electron chi connectivity index (χ2n) is 14.1. The molecule has 2 saturated heterocycles. The van der Waals surface area contributed by atoms with Crippen molar-refractivity contribution < 1.29 is 29.2 Å². The second-order valence-corrected chi connectivity index (χ2v) is 14.5. The monoisotopic (exact) mass is 723 g/mol. The number of imide groups is 2. The first-order valence-electron chi connectivity index (χ1n) is 17.3. The highest BCUT2D eigenvalue weighted by Crippen LogP contribution is 2.65. The van der Waals surface area contributed by atoms with Gasteiger partial charge in [0, 0.05) is 28.5 Å². The van der Waals surface area contributed by atoms with Crippen molar-refractivity contribution in [3.8, 4) is 5.75 Å². The Hall–Kier alpha value is -6.13. The molecule has 6 unspecified atom stereocenters. The Labute approximate surface area is 308 Å². The molecule has 262 valence electrons. The number of anilines is 2. The number of fused-ring (bicyclic) bond motifs is 5. The van der Waals surface area contributed by atoms with Gasteiger partial charge in [0.2, 0.25) is 23.6 Å². The second kappa shape index (κ2) is 12.0. The van der Waals surface area contributed by atoms with Crippen LogP contribution in [0.1, 0.15) is 29.9 Å². The van der Waals surface area contributed by atoms with Crippen LogP contribution in [0.15, 0.2) is 127 Å². The molecule has 9 rings (SSSR count). The third-order valence-corrected chi connectivity index (χ3v) is 11.9. The molecule has 2 aliphatic carbocycles. The van der Waals surface area contributed by atoms with Crippen LogP contribution >= 0.6 is 11.6 Å². The van der Waals surface area contributed by atoms with Crippen LogP contribution in [-0.4, -0.2) is 33.7 Å². The van der Waals surface area contributed by atoms with Gasteiger partial charge >= 0.3 is 0 Å². The van der Waals surface area contributed by atoms with E-state index in [2.05, 4.69) is 0 Å². The number of non-ortho nitro benzene ring substituents is 1. The van der Waals surface area contributed by atoms with E-state index < -0.39 is 63.6 Å². The lowest BCUT2D eigenvalue weighted by molar-refractivity contribution is -0.384. The molecule has 4 aliphatic rings. The summed E-state index contributed by atoms with van der Waals surface area (Å²) >= 11 is 6.42. The van der Waals surface area contributed by atoms with Crippen molar-refractivity contribution in [2.75, 3.05) is 9.80 Å². The molecule has 1 saturated carbocycles. The average molecular weight is 724 g/mol. The molecule has 4 amide bonds. The minimum atomic E-state index is -1.49. The van der Waals surface area contributed by atoms with E-state index in [0.717, 1.165) is 10.5 Å². The summed E-state index contributed by atoms with van der Waals surface area (Å²) in [4.78, 5) is 72.5. The largest absolute Gasteiger partial charge is 0.507 e. The first-order chi connectivity index (χ1) is 25.6. The van der Waals surface area contributed by atoms with Crippen LogP contribution < -0.4 is 9.80 Å². The highest BCUT2D eigenvalue weighted by atomic mass is 35.5. The van der Waals surface area contributed by atoms with Gasteiger partial charge in [-0.1, -0.05) is 96.0 Å². The molecule has 2 aliphatic heterocycles. The van der Waals surface area contributed by atoms with Gasteiger partial charge in [0.15, 0.2) is 0 Å². The normalized spacial score (nSPS) is 26.4. The Bertz CT molecular complexity index is 2470. The number of halogens is 1. The highest BCUT2D eigenvalue weighted by molar-refractivity contribution is 6.32. The average Bonchev–Trinajstić information content (AvgIpc) is 3.56. The number of hydrogen-bond acceptors (Lipinski definition) is 7. The maximum Gasteiger partial charge on any atom is 0.271 e. The molecular formula is C42H30ClN3O7. The van der Waals surface area contributed by atoms with Crippen LogP contribution in [0, 0.1) is 33.8 Å². The van der Waals surface area contributed by atoms with Crippen molar-refractivity contribution in [3.05, 3.63) is 153 Å². The number of rotatable bonds is 5. The van der Waals surface area contributed by atoms with Crippen LogP contribution in [0.2, 0.25) is 5.02 Å². The zero-order chi connectivity index (χ0) is 36.8. The molecule has 3 fully saturated rings. The van der Waals surface area contributed by atoms with Crippen molar-refractivity contribution in [2.24, 2.45) is 23.7 Å². The summed E-state index contributed by atoms with van der Waals surface area (Å²) in [6.45, 7) is 0. The molecule has 0 spiro atoms. The number of hydrogen-bond donors (Lipinski definition) is 1. The maximum atomic E-state index is 15.5. The predicted molar refractivity (Wildman–Crippen MR) is 197 cm³/mol. The van der Waals surface area contributed by atoms with Crippen LogP contribution in [0.3, 0.4) is 0 Å². The fraction of sp³-hybridized carbons (Fsp3) is 0.190. The lowest BCUT2D eigenvalue weighted by atomic mass is 9.49. The number of carbonyl (C=O) groups is 4. The summed E-state index contributed by atoms with van der Waals surface area (Å²) in [7, 11) is 0. The fourth-order valence-electron chi connectivity index (χ4n) is 9.65. The van der Waals surface area contributed by atoms with E-state index in [9.17, 15) is 24.8 Å². The number of amides is 4. The van der Waals surface area contributed by atoms with E-state index in [0.29, 0.717) is 32.6 Å². The molecule has 10 nitrogen and oxygen atoms in total. The third kappa shape index (κ3) is 4.58. The van der Waals surface area contributed by atoms with Gasteiger partial charge in [-0.2, -0.15) is 0 Å². The smallest absolute Gasteiger partial charge is 0.271 e. The summed E-state index contributed by atoms with van der Waals surface area (Å²) < 4.78 is 0. The Kier molecular flexibility index (Phi) is 7.39. The number of phenols is 1. The van der Waals surface area contributed by atoms with E-state index in [-0.39, 0.29) is 30.0 Å². The number of nitrogens with zero attached hydrogens (tertiary/aromatic N) is 3. The predicted octanol–water partition coefficient (Wildman–Crippen LogP) is 7.47. The van der Waals surface area contributed by atoms with Gasteiger partial charge in [-0.05, 0) is 65.6 Å². The lowest BCUT2D eigenvalue weighted by Gasteiger charge is -2.51. The zero-order valence-corrected chi connectivity index (χ0v) is 28.7. The van der Waals surface area contributed by atoms with Crippen molar-refractivity contribution in [3.63, 3.8) is 0 Å². The van der Waals surface area contributed by atoms with Gasteiger partial charge in [-0.3, -0.25) is 29.3 Å². The number of nitro groups is 1. The molecule has 53 heavy (non-hydrogen) atoms. The number of nitro benzene ring substituents is 1. The first kappa shape index (κ1) is 32.8. The van der Waals surface area contributed by atoms with Crippen LogP contribution in [0.5, 0.6) is 5.75 Å². The minimum absolute atomic E-state index is 0.0539. The SMILES string of the molecule is O=C1C2CC=C3C(CC4C(=O)N(c5cccc(Cl)c5)C(=O)C4(c4ccccc4)C3c3ccc(O)c4ccccc34)C2C(=O)N1c1cccc([N+](=O)[O-])c1. The molecular weight excluding hydrogens is 694 g/mol. The molecule has 0 radical (unpaired) electrons. The molecule has 2 heterocycles. The van der Waals surface area contributed by atoms with Crippen molar-refractivity contribution >= 4 is 63.1 Å². The molecule has 5 aromatic carbocycles. The number of allylic oxidation sites excluding steroid dienone is 2. The fourth-order valence-corrected chi connectivity index (χ4v) is 9.83. The number of aromatic hydroxyl groups is 1. The van der Waals surface area contributed by atoms with Crippen molar-refractivity contribution in [1.29, 1.82) is 0 Å². The van der Waals surface area contributed by atoms with Gasteiger partial charge < -0.3 is 5.11 Å². The van der Waals surface area contributed by atoms with Gasteiger partial charge in [-0.15, -0.1) is 0 Å². The van der Waals surface area contributed by atoms with Crippen LogP contribution in [0.4, 0.5) is 17.1 Å². The number of phenolic OH excluding ortho intramolecular Hbond substituents is 1. The van der Waals surface area contributed by atoms with Crippen molar-refractivity contribution in [2.45, 2.75) is 24.2 Å². The molecule has 0 bridgehead atoms. The van der Waals surface area contributed by atoms with Crippen LogP contribution in [-0.2, 0) is 24.6 Å². The lowest BCUT2D eigenvalue weighted by Crippen LogP contribution is -2.53. The minimum Gasteiger partial charge on any atom is -0.507 e. The van der Waals surface area contributed by atoms with Gasteiger partial charge in [0.05, 0.1) is 39.5 Å². The highest BCUT2D eigenvalue weighted by Gasteiger charge is 2.70. The molecule has 1 N–H and O–H groups in total. The molecule has 6 atom stereocenters. The van der Waals surface area contributed by atoms with E-state index in [1.165, 1.54) is 29.2 Å². The summed E-state index contributed by atoms with van der Waals surface area (Å²) in [6.07, 6.45) is 2.24. The maximum absolute atomic E-state index is 15.5. The topological polar surface area (TPSA) is 138 Å². The summed E-state index contributed by atoms with van der Waals surface area (Å²) in [6, 6.07) is 32.0. The summed E-state index contributed by atoms with van der Waals surface area (Å²) in [5, 5.41) is 24.2. The van der Waals surface area contributed by atoms with Crippen molar-refractivity contribution in [1.82, 2.24) is 0 Å². The Morgan fingerprint density at radius 3 is 2.17 bits per heavy atom. The summed E-state index contributed by atoms with van der Waals surface area (Å²) in [5.74, 6) is -5.84. The van der Waals surface area contributed by atoms with Gasteiger partial charge in [0.25, 0.3) is 5.69 Å². The zero-order valence-electron chi connectivity index (χ0n) is 28.0. The quantitative estimate of drug-likeness (QED) is 0.0859. The van der Waals surface area contributed by atoms with E-state index in [4.69, 9.17) is 11.6 Å². The molecule has 5 aromatic rings. The summed E-state index contributed by atoms with van der Waals surface area (Å²) in [5.41, 5.74) is 0.786.